The Morgan fingerprint density at radius 2 is 2.06 bits per heavy atom. The molecule has 0 unspecified atom stereocenters. The normalized spacial score (nSPS) is 10.1. The maximum atomic E-state index is 12.5. The summed E-state index contributed by atoms with van der Waals surface area (Å²) in [7, 11) is 0. The first-order chi connectivity index (χ1) is 7.99. The van der Waals surface area contributed by atoms with E-state index in [0.29, 0.717) is 12.2 Å². The Kier molecular flexibility index (Phi) is 4.01. The lowest BCUT2D eigenvalue weighted by molar-refractivity contribution is -0.137. The minimum absolute atomic E-state index is 0.326. The minimum Gasteiger partial charge on any atom is -0.374 e. The van der Waals surface area contributed by atoms with Crippen LogP contribution in [0.2, 0.25) is 0 Å². The molecule has 0 aliphatic heterocycles. The van der Waals surface area contributed by atoms with Crippen molar-refractivity contribution < 1.29 is 13.2 Å². The number of alkyl halides is 3. The molecule has 0 aliphatic carbocycles. The quantitative estimate of drug-likeness (QED) is 0.804. The molecule has 0 radical (unpaired) electrons. The van der Waals surface area contributed by atoms with Gasteiger partial charge < -0.3 is 5.32 Å². The maximum Gasteiger partial charge on any atom is 0.417 e. The molecule has 17 heavy (non-hydrogen) atoms. The predicted octanol–water partition coefficient (Wildman–Crippen LogP) is 3.01. The largest absolute Gasteiger partial charge is 0.417 e. The van der Waals surface area contributed by atoms with E-state index >= 15 is 0 Å². The highest BCUT2D eigenvalue weighted by molar-refractivity contribution is 5.54. The van der Waals surface area contributed by atoms with Gasteiger partial charge in [0.2, 0.25) is 0 Å². The highest BCUT2D eigenvalue weighted by Crippen LogP contribution is 2.32. The fourth-order valence-electron chi connectivity index (χ4n) is 1.23. The number of anilines is 1. The van der Waals surface area contributed by atoms with Gasteiger partial charge in [0.15, 0.2) is 0 Å². The van der Waals surface area contributed by atoms with Crippen molar-refractivity contribution in [3.8, 4) is 17.9 Å². The number of rotatable bonds is 2. The number of hydrogen-bond acceptors (Lipinski definition) is 2. The van der Waals surface area contributed by atoms with Gasteiger partial charge in [-0.25, -0.2) is 0 Å². The van der Waals surface area contributed by atoms with E-state index in [1.807, 2.05) is 0 Å². The summed E-state index contributed by atoms with van der Waals surface area (Å²) in [5.41, 5.74) is -0.878. The van der Waals surface area contributed by atoms with E-state index in [4.69, 9.17) is 5.26 Å². The average Bonchev–Trinajstić information content (AvgIpc) is 2.28. The van der Waals surface area contributed by atoms with Gasteiger partial charge in [-0.1, -0.05) is 5.92 Å². The molecule has 0 aliphatic rings. The molecule has 0 amide bonds. The van der Waals surface area contributed by atoms with Crippen LogP contribution < -0.4 is 5.32 Å². The summed E-state index contributed by atoms with van der Waals surface area (Å²) in [6.45, 7) is 1.99. The lowest BCUT2D eigenvalue weighted by Gasteiger charge is -2.10. The van der Waals surface area contributed by atoms with E-state index in [0.717, 1.165) is 6.07 Å². The third-order valence-electron chi connectivity index (χ3n) is 2.00. The smallest absolute Gasteiger partial charge is 0.374 e. The third-order valence-corrected chi connectivity index (χ3v) is 2.00. The van der Waals surface area contributed by atoms with Crippen LogP contribution in [-0.2, 0) is 6.18 Å². The van der Waals surface area contributed by atoms with Crippen molar-refractivity contribution in [2.75, 3.05) is 11.9 Å². The molecular weight excluding hydrogens is 229 g/mol. The van der Waals surface area contributed by atoms with Crippen LogP contribution in [-0.4, -0.2) is 6.54 Å². The third kappa shape index (κ3) is 3.42. The van der Waals surface area contributed by atoms with Crippen molar-refractivity contribution in [1.29, 1.82) is 5.26 Å². The zero-order valence-electron chi connectivity index (χ0n) is 9.02. The summed E-state index contributed by atoms with van der Waals surface area (Å²) in [5, 5.41) is 11.5. The molecule has 0 aromatic heterocycles. The molecular formula is C12H9F3N2. The van der Waals surface area contributed by atoms with E-state index in [2.05, 4.69) is 17.2 Å². The molecule has 1 rings (SSSR count). The predicted molar refractivity (Wildman–Crippen MR) is 58.1 cm³/mol. The summed E-state index contributed by atoms with van der Waals surface area (Å²) >= 11 is 0. The Morgan fingerprint density at radius 3 is 2.59 bits per heavy atom. The summed E-state index contributed by atoms with van der Waals surface area (Å²) in [5.74, 6) is 5.36. The summed E-state index contributed by atoms with van der Waals surface area (Å²) in [6, 6.07) is 4.87. The van der Waals surface area contributed by atoms with Crippen LogP contribution in [0.15, 0.2) is 18.2 Å². The fraction of sp³-hybridized carbons (Fsp3) is 0.250. The zero-order chi connectivity index (χ0) is 12.9. The number of nitriles is 1. The van der Waals surface area contributed by atoms with Gasteiger partial charge in [0.1, 0.15) is 0 Å². The molecule has 5 heteroatoms. The monoisotopic (exact) mass is 238 g/mol. The van der Waals surface area contributed by atoms with Gasteiger partial charge in [0, 0.05) is 5.69 Å². The van der Waals surface area contributed by atoms with Crippen molar-refractivity contribution in [1.82, 2.24) is 0 Å². The Labute approximate surface area is 97.1 Å². The van der Waals surface area contributed by atoms with Gasteiger partial charge in [0.05, 0.1) is 23.7 Å². The second kappa shape index (κ2) is 5.27. The first-order valence-electron chi connectivity index (χ1n) is 4.74. The van der Waals surface area contributed by atoms with Gasteiger partial charge in [-0.05, 0) is 25.1 Å². The molecule has 0 heterocycles. The molecule has 0 saturated heterocycles. The number of nitrogens with one attached hydrogen (secondary N) is 1. The van der Waals surface area contributed by atoms with Crippen molar-refractivity contribution in [3.63, 3.8) is 0 Å². The SMILES string of the molecule is CC#CCNc1ccc(C(F)(F)F)c(C#N)c1. The minimum atomic E-state index is -4.51. The molecule has 1 N–H and O–H groups in total. The van der Waals surface area contributed by atoms with Gasteiger partial charge in [-0.15, -0.1) is 5.92 Å². The summed E-state index contributed by atoms with van der Waals surface area (Å²) in [4.78, 5) is 0. The Bertz CT molecular complexity index is 501. The van der Waals surface area contributed by atoms with Gasteiger partial charge >= 0.3 is 6.18 Å². The first-order valence-corrected chi connectivity index (χ1v) is 4.74. The number of hydrogen-bond donors (Lipinski definition) is 1. The van der Waals surface area contributed by atoms with Gasteiger partial charge in [0.25, 0.3) is 0 Å². The van der Waals surface area contributed by atoms with E-state index in [1.54, 1.807) is 6.92 Å². The summed E-state index contributed by atoms with van der Waals surface area (Å²) < 4.78 is 37.4. The lowest BCUT2D eigenvalue weighted by atomic mass is 10.1. The summed E-state index contributed by atoms with van der Waals surface area (Å²) in [6.07, 6.45) is -4.51. The van der Waals surface area contributed by atoms with Gasteiger partial charge in [-0.2, -0.15) is 18.4 Å². The van der Waals surface area contributed by atoms with Crippen LogP contribution in [0, 0.1) is 23.2 Å². The fourth-order valence-corrected chi connectivity index (χ4v) is 1.23. The number of nitrogens with zero attached hydrogens (tertiary/aromatic N) is 1. The molecule has 1 aromatic carbocycles. The van der Waals surface area contributed by atoms with Crippen LogP contribution in [0.3, 0.4) is 0 Å². The van der Waals surface area contributed by atoms with Crippen LogP contribution in [0.25, 0.3) is 0 Å². The van der Waals surface area contributed by atoms with E-state index in [1.165, 1.54) is 18.2 Å². The molecule has 1 aromatic rings. The Hall–Kier alpha value is -2.14. The maximum absolute atomic E-state index is 12.5. The topological polar surface area (TPSA) is 35.8 Å². The number of benzene rings is 1. The second-order valence-electron chi connectivity index (χ2n) is 3.15. The highest BCUT2D eigenvalue weighted by Gasteiger charge is 2.33. The zero-order valence-corrected chi connectivity index (χ0v) is 9.02. The lowest BCUT2D eigenvalue weighted by Crippen LogP contribution is -2.08. The van der Waals surface area contributed by atoms with Crippen LogP contribution in [0.4, 0.5) is 18.9 Å². The van der Waals surface area contributed by atoms with E-state index in [-0.39, 0.29) is 0 Å². The molecule has 0 bridgehead atoms. The molecule has 0 saturated carbocycles. The molecule has 0 atom stereocenters. The van der Waals surface area contributed by atoms with E-state index in [9.17, 15) is 13.2 Å². The molecule has 0 fully saturated rings. The number of halogens is 3. The van der Waals surface area contributed by atoms with Crippen molar-refractivity contribution >= 4 is 5.69 Å². The van der Waals surface area contributed by atoms with Crippen molar-refractivity contribution in [2.24, 2.45) is 0 Å². The molecule has 2 nitrogen and oxygen atoms in total. The van der Waals surface area contributed by atoms with Gasteiger partial charge in [-0.3, -0.25) is 0 Å². The van der Waals surface area contributed by atoms with Crippen molar-refractivity contribution in [2.45, 2.75) is 13.1 Å². The van der Waals surface area contributed by atoms with Crippen LogP contribution in [0.1, 0.15) is 18.1 Å². The van der Waals surface area contributed by atoms with Crippen LogP contribution in [0.5, 0.6) is 0 Å². The second-order valence-corrected chi connectivity index (χ2v) is 3.15. The highest BCUT2D eigenvalue weighted by atomic mass is 19.4. The van der Waals surface area contributed by atoms with Crippen LogP contribution >= 0.6 is 0 Å². The first kappa shape index (κ1) is 12.9. The van der Waals surface area contributed by atoms with E-state index < -0.39 is 17.3 Å². The molecule has 88 valence electrons. The Morgan fingerprint density at radius 1 is 1.35 bits per heavy atom. The average molecular weight is 238 g/mol. The van der Waals surface area contributed by atoms with Crippen molar-refractivity contribution in [3.05, 3.63) is 29.3 Å². The standard InChI is InChI=1S/C12H9F3N2/c1-2-3-6-17-10-4-5-11(12(13,14)15)9(7-10)8-16/h4-5,7,17H,6H2,1H3. The Balaban J connectivity index is 3.00. The molecule has 0 spiro atoms.